The van der Waals surface area contributed by atoms with Crippen LogP contribution in [0.3, 0.4) is 0 Å². The second kappa shape index (κ2) is 7.88. The van der Waals surface area contributed by atoms with Crippen LogP contribution in [0.25, 0.3) is 0 Å². The molecule has 2 rings (SSSR count). The SMILES string of the molecule is CCN1CCCCC1CN=C(N)Nc1ccc(OC)cc1. The molecule has 5 heteroatoms. The summed E-state index contributed by atoms with van der Waals surface area (Å²) in [6, 6.07) is 8.19. The van der Waals surface area contributed by atoms with Crippen LogP contribution in [-0.2, 0) is 0 Å². The van der Waals surface area contributed by atoms with Crippen molar-refractivity contribution in [1.29, 1.82) is 0 Å². The van der Waals surface area contributed by atoms with Crippen LogP contribution in [0.1, 0.15) is 26.2 Å². The first-order valence-electron chi connectivity index (χ1n) is 7.68. The van der Waals surface area contributed by atoms with E-state index in [0.717, 1.165) is 24.5 Å². The van der Waals surface area contributed by atoms with E-state index in [2.05, 4.69) is 22.1 Å². The Bertz CT molecular complexity index is 458. The van der Waals surface area contributed by atoms with E-state index in [1.807, 2.05) is 24.3 Å². The lowest BCUT2D eigenvalue weighted by Gasteiger charge is -2.33. The van der Waals surface area contributed by atoms with E-state index >= 15 is 0 Å². The minimum Gasteiger partial charge on any atom is -0.497 e. The Labute approximate surface area is 127 Å². The van der Waals surface area contributed by atoms with E-state index in [0.29, 0.717) is 12.0 Å². The van der Waals surface area contributed by atoms with E-state index in [-0.39, 0.29) is 0 Å². The van der Waals surface area contributed by atoms with Crippen LogP contribution in [-0.4, -0.2) is 43.6 Å². The molecular formula is C16H26N4O. The minimum absolute atomic E-state index is 0.474. The molecule has 3 N–H and O–H groups in total. The predicted molar refractivity (Wildman–Crippen MR) is 88.0 cm³/mol. The number of benzene rings is 1. The zero-order valence-corrected chi connectivity index (χ0v) is 13.0. The maximum atomic E-state index is 5.97. The number of rotatable bonds is 5. The van der Waals surface area contributed by atoms with E-state index in [1.165, 1.54) is 25.8 Å². The van der Waals surface area contributed by atoms with E-state index in [4.69, 9.17) is 10.5 Å². The summed E-state index contributed by atoms with van der Waals surface area (Å²) in [5, 5.41) is 3.12. The Balaban J connectivity index is 1.87. The monoisotopic (exact) mass is 290 g/mol. The van der Waals surface area contributed by atoms with Crippen LogP contribution < -0.4 is 15.8 Å². The smallest absolute Gasteiger partial charge is 0.193 e. The number of nitrogens with two attached hydrogens (primary N) is 1. The highest BCUT2D eigenvalue weighted by molar-refractivity contribution is 5.92. The van der Waals surface area contributed by atoms with Gasteiger partial charge in [0.2, 0.25) is 0 Å². The summed E-state index contributed by atoms with van der Waals surface area (Å²) in [5.41, 5.74) is 6.89. The zero-order valence-electron chi connectivity index (χ0n) is 13.0. The lowest BCUT2D eigenvalue weighted by molar-refractivity contribution is 0.161. The number of hydrogen-bond donors (Lipinski definition) is 2. The van der Waals surface area contributed by atoms with Crippen molar-refractivity contribution in [3.63, 3.8) is 0 Å². The second-order valence-corrected chi connectivity index (χ2v) is 5.36. The maximum absolute atomic E-state index is 5.97. The molecular weight excluding hydrogens is 264 g/mol. The third kappa shape index (κ3) is 4.63. The molecule has 0 saturated carbocycles. The van der Waals surface area contributed by atoms with Gasteiger partial charge in [-0.1, -0.05) is 13.3 Å². The molecule has 0 aliphatic carbocycles. The lowest BCUT2D eigenvalue weighted by atomic mass is 10.0. The molecule has 0 amide bonds. The highest BCUT2D eigenvalue weighted by atomic mass is 16.5. The second-order valence-electron chi connectivity index (χ2n) is 5.36. The fourth-order valence-electron chi connectivity index (χ4n) is 2.75. The Morgan fingerprint density at radius 2 is 2.14 bits per heavy atom. The summed E-state index contributed by atoms with van der Waals surface area (Å²) < 4.78 is 5.13. The molecule has 1 heterocycles. The molecule has 1 aliphatic rings. The molecule has 1 fully saturated rings. The van der Waals surface area contributed by atoms with Gasteiger partial charge in [0, 0.05) is 11.7 Å². The normalized spacial score (nSPS) is 20.3. The first kappa shape index (κ1) is 15.6. The average Bonchev–Trinajstić information content (AvgIpc) is 2.54. The molecule has 5 nitrogen and oxygen atoms in total. The van der Waals surface area contributed by atoms with Crippen LogP contribution >= 0.6 is 0 Å². The molecule has 0 bridgehead atoms. The average molecular weight is 290 g/mol. The Morgan fingerprint density at radius 1 is 1.38 bits per heavy atom. The van der Waals surface area contributed by atoms with Crippen molar-refractivity contribution in [2.45, 2.75) is 32.2 Å². The van der Waals surface area contributed by atoms with Gasteiger partial charge in [0.15, 0.2) is 5.96 Å². The molecule has 0 aromatic heterocycles. The number of piperidine rings is 1. The fraction of sp³-hybridized carbons (Fsp3) is 0.562. The molecule has 1 atom stereocenters. The Morgan fingerprint density at radius 3 is 2.81 bits per heavy atom. The largest absolute Gasteiger partial charge is 0.497 e. The van der Waals surface area contributed by atoms with Crippen molar-refractivity contribution < 1.29 is 4.74 Å². The molecule has 1 aromatic carbocycles. The van der Waals surface area contributed by atoms with Crippen molar-refractivity contribution in [2.75, 3.05) is 32.1 Å². The standard InChI is InChI=1S/C16H26N4O/c1-3-20-11-5-4-6-14(20)12-18-16(17)19-13-7-9-15(21-2)10-8-13/h7-10,14H,3-6,11-12H2,1-2H3,(H3,17,18,19). The van der Waals surface area contributed by atoms with Gasteiger partial charge >= 0.3 is 0 Å². The van der Waals surface area contributed by atoms with Crippen LogP contribution in [0.15, 0.2) is 29.3 Å². The van der Waals surface area contributed by atoms with E-state index in [9.17, 15) is 0 Å². The third-order valence-electron chi connectivity index (χ3n) is 3.99. The van der Waals surface area contributed by atoms with Crippen molar-refractivity contribution in [3.05, 3.63) is 24.3 Å². The van der Waals surface area contributed by atoms with Crippen molar-refractivity contribution in [3.8, 4) is 5.75 Å². The van der Waals surface area contributed by atoms with Crippen LogP contribution in [0.2, 0.25) is 0 Å². The van der Waals surface area contributed by atoms with Crippen LogP contribution in [0, 0.1) is 0 Å². The van der Waals surface area contributed by atoms with Gasteiger partial charge in [-0.25, -0.2) is 0 Å². The molecule has 21 heavy (non-hydrogen) atoms. The summed E-state index contributed by atoms with van der Waals surface area (Å²) in [6.45, 7) is 5.25. The minimum atomic E-state index is 0.474. The summed E-state index contributed by atoms with van der Waals surface area (Å²) in [4.78, 5) is 6.99. The number of hydrogen-bond acceptors (Lipinski definition) is 3. The molecule has 0 spiro atoms. The fourth-order valence-corrected chi connectivity index (χ4v) is 2.75. The molecule has 1 aromatic rings. The van der Waals surface area contributed by atoms with Crippen LogP contribution in [0.5, 0.6) is 5.75 Å². The third-order valence-corrected chi connectivity index (χ3v) is 3.99. The van der Waals surface area contributed by atoms with E-state index in [1.54, 1.807) is 7.11 Å². The number of anilines is 1. The molecule has 0 radical (unpaired) electrons. The van der Waals surface area contributed by atoms with Crippen molar-refractivity contribution >= 4 is 11.6 Å². The van der Waals surface area contributed by atoms with Crippen molar-refractivity contribution in [2.24, 2.45) is 10.7 Å². The van der Waals surface area contributed by atoms with Gasteiger partial charge in [0.1, 0.15) is 5.75 Å². The summed E-state index contributed by atoms with van der Waals surface area (Å²) >= 11 is 0. The van der Waals surface area contributed by atoms with Crippen LogP contribution in [0.4, 0.5) is 5.69 Å². The molecule has 1 unspecified atom stereocenters. The van der Waals surface area contributed by atoms with Crippen molar-refractivity contribution in [1.82, 2.24) is 4.90 Å². The number of nitrogens with zero attached hydrogens (tertiary/aromatic N) is 2. The van der Waals surface area contributed by atoms with Gasteiger partial charge in [-0.05, 0) is 50.2 Å². The summed E-state index contributed by atoms with van der Waals surface area (Å²) in [5.74, 6) is 1.30. The summed E-state index contributed by atoms with van der Waals surface area (Å²) in [6.07, 6.45) is 3.81. The topological polar surface area (TPSA) is 62.9 Å². The predicted octanol–water partition coefficient (Wildman–Crippen LogP) is 2.30. The quantitative estimate of drug-likeness (QED) is 0.645. The van der Waals surface area contributed by atoms with Gasteiger partial charge in [0.05, 0.1) is 13.7 Å². The van der Waals surface area contributed by atoms with Gasteiger partial charge in [0.25, 0.3) is 0 Å². The Kier molecular flexibility index (Phi) is 5.87. The summed E-state index contributed by atoms with van der Waals surface area (Å²) in [7, 11) is 1.65. The number of aliphatic imine (C=N–C) groups is 1. The first-order valence-corrected chi connectivity index (χ1v) is 7.68. The van der Waals surface area contributed by atoms with Gasteiger partial charge in [-0.3, -0.25) is 9.89 Å². The number of likely N-dealkylation sites (N-methyl/N-ethyl adjacent to an activating group) is 1. The number of methoxy groups -OCH3 is 1. The van der Waals surface area contributed by atoms with E-state index < -0.39 is 0 Å². The number of likely N-dealkylation sites (tertiary alicyclic amines) is 1. The van der Waals surface area contributed by atoms with Gasteiger partial charge in [-0.15, -0.1) is 0 Å². The van der Waals surface area contributed by atoms with Gasteiger partial charge < -0.3 is 15.8 Å². The number of ether oxygens (including phenoxy) is 1. The molecule has 1 aliphatic heterocycles. The first-order chi connectivity index (χ1) is 10.2. The highest BCUT2D eigenvalue weighted by Gasteiger charge is 2.20. The number of nitrogens with one attached hydrogen (secondary N) is 1. The molecule has 1 saturated heterocycles. The number of guanidine groups is 1. The maximum Gasteiger partial charge on any atom is 0.193 e. The highest BCUT2D eigenvalue weighted by Crippen LogP contribution is 2.17. The van der Waals surface area contributed by atoms with Gasteiger partial charge in [-0.2, -0.15) is 0 Å². The Hall–Kier alpha value is -1.75. The lowest BCUT2D eigenvalue weighted by Crippen LogP contribution is -2.41. The zero-order chi connectivity index (χ0) is 15.1. The molecule has 116 valence electrons.